The van der Waals surface area contributed by atoms with Gasteiger partial charge in [0.25, 0.3) is 0 Å². The molecule has 0 bridgehead atoms. The molecule has 0 aliphatic carbocycles. The third kappa shape index (κ3) is 5.25. The molecule has 11 rings (SSSR count). The number of benzene rings is 8. The number of furan rings is 1. The minimum atomic E-state index is 0.627. The van der Waals surface area contributed by atoms with E-state index in [0.717, 1.165) is 55.1 Å². The Morgan fingerprint density at radius 3 is 1.69 bits per heavy atom. The predicted molar refractivity (Wildman–Crippen MR) is 225 cm³/mol. The van der Waals surface area contributed by atoms with E-state index < -0.39 is 0 Å². The molecule has 0 atom stereocenters. The lowest BCUT2D eigenvalue weighted by Gasteiger charge is -2.11. The molecule has 54 heavy (non-hydrogen) atoms. The van der Waals surface area contributed by atoms with Gasteiger partial charge in [0.1, 0.15) is 11.2 Å². The molecular weight excluding hydrogens is 679 g/mol. The summed E-state index contributed by atoms with van der Waals surface area (Å²) < 4.78 is 8.60. The molecule has 11 aromatic rings. The zero-order chi connectivity index (χ0) is 35.6. The van der Waals surface area contributed by atoms with E-state index in [-0.39, 0.29) is 0 Å². The number of hydrogen-bond acceptors (Lipinski definition) is 5. The minimum Gasteiger partial charge on any atom is -0.456 e. The van der Waals surface area contributed by atoms with Crippen molar-refractivity contribution >= 4 is 64.2 Å². The average molecular weight is 708 g/mol. The number of hydrogen-bond donors (Lipinski definition) is 0. The van der Waals surface area contributed by atoms with Crippen molar-refractivity contribution in [2.24, 2.45) is 0 Å². The highest BCUT2D eigenvalue weighted by molar-refractivity contribution is 7.25. The zero-order valence-electron chi connectivity index (χ0n) is 28.9. The van der Waals surface area contributed by atoms with E-state index in [4.69, 9.17) is 19.4 Å². The first-order valence-corrected chi connectivity index (χ1v) is 18.8. The number of aromatic nitrogens is 3. The predicted octanol–water partition coefficient (Wildman–Crippen LogP) is 13.6. The Balaban J connectivity index is 1.05. The standard InChI is InChI=1S/C49H29N3OS/c1-2-9-30(10-3-1)32-17-18-34-27-37(20-19-33(34)25-32)48-50-47(51-49(52-48)38-21-23-41-40-14-5-7-16-45(40)54-46(41)29-38)36-12-8-11-31(26-36)35-22-24-44-42(28-35)39-13-4-6-15-43(39)53-44/h1-29H. The molecule has 0 unspecified atom stereocenters. The molecule has 0 saturated heterocycles. The second-order valence-electron chi connectivity index (χ2n) is 13.6. The highest BCUT2D eigenvalue weighted by Gasteiger charge is 2.16. The highest BCUT2D eigenvalue weighted by atomic mass is 32.1. The van der Waals surface area contributed by atoms with Gasteiger partial charge in [0.15, 0.2) is 17.5 Å². The van der Waals surface area contributed by atoms with Crippen LogP contribution in [0, 0.1) is 0 Å². The SMILES string of the molecule is c1ccc(-c2ccc3cc(-c4nc(-c5cccc(-c6ccc7oc8ccccc8c7c6)c5)nc(-c5ccc6c(c5)sc5ccccc56)n4)ccc3c2)cc1. The fraction of sp³-hybridized carbons (Fsp3) is 0. The summed E-state index contributed by atoms with van der Waals surface area (Å²) in [5, 5.41) is 7.02. The van der Waals surface area contributed by atoms with Crippen molar-refractivity contribution < 1.29 is 4.42 Å². The number of rotatable bonds is 5. The lowest BCUT2D eigenvalue weighted by molar-refractivity contribution is 0.669. The van der Waals surface area contributed by atoms with Crippen LogP contribution in [0.25, 0.3) is 109 Å². The Hall–Kier alpha value is -6.95. The topological polar surface area (TPSA) is 51.8 Å². The van der Waals surface area contributed by atoms with Crippen molar-refractivity contribution in [2.45, 2.75) is 0 Å². The van der Waals surface area contributed by atoms with Gasteiger partial charge in [0, 0.05) is 47.6 Å². The summed E-state index contributed by atoms with van der Waals surface area (Å²) in [6.07, 6.45) is 0. The fourth-order valence-electron chi connectivity index (χ4n) is 7.57. The maximum atomic E-state index is 6.12. The van der Waals surface area contributed by atoms with Gasteiger partial charge in [-0.05, 0) is 81.6 Å². The first-order chi connectivity index (χ1) is 26.7. The molecule has 3 heterocycles. The molecular formula is C49H29N3OS. The maximum absolute atomic E-state index is 6.12. The molecule has 0 N–H and O–H groups in total. The van der Waals surface area contributed by atoms with Crippen LogP contribution in [0.4, 0.5) is 0 Å². The van der Waals surface area contributed by atoms with Crippen molar-refractivity contribution in [3.63, 3.8) is 0 Å². The monoisotopic (exact) mass is 707 g/mol. The first-order valence-electron chi connectivity index (χ1n) is 18.0. The summed E-state index contributed by atoms with van der Waals surface area (Å²) in [5.41, 5.74) is 9.17. The summed E-state index contributed by atoms with van der Waals surface area (Å²) in [5.74, 6) is 1.91. The Bertz CT molecular complexity index is 3230. The van der Waals surface area contributed by atoms with E-state index in [9.17, 15) is 0 Å². The summed E-state index contributed by atoms with van der Waals surface area (Å²) in [6.45, 7) is 0. The maximum Gasteiger partial charge on any atom is 0.164 e. The molecule has 0 spiro atoms. The molecule has 0 aliphatic rings. The number of thiophene rings is 1. The second-order valence-corrected chi connectivity index (χ2v) is 14.7. The van der Waals surface area contributed by atoms with Crippen LogP contribution in [0.5, 0.6) is 0 Å². The number of nitrogens with zero attached hydrogens (tertiary/aromatic N) is 3. The number of fused-ring (bicyclic) bond motifs is 7. The molecule has 3 aromatic heterocycles. The molecule has 0 aliphatic heterocycles. The van der Waals surface area contributed by atoms with Crippen LogP contribution in [0.3, 0.4) is 0 Å². The molecule has 0 radical (unpaired) electrons. The zero-order valence-corrected chi connectivity index (χ0v) is 29.7. The third-order valence-electron chi connectivity index (χ3n) is 10.3. The highest BCUT2D eigenvalue weighted by Crippen LogP contribution is 2.38. The van der Waals surface area contributed by atoms with Crippen molar-refractivity contribution in [1.29, 1.82) is 0 Å². The van der Waals surface area contributed by atoms with Gasteiger partial charge < -0.3 is 4.42 Å². The number of para-hydroxylation sites is 1. The Morgan fingerprint density at radius 1 is 0.315 bits per heavy atom. The Morgan fingerprint density at radius 2 is 0.852 bits per heavy atom. The van der Waals surface area contributed by atoms with Gasteiger partial charge in [0.05, 0.1) is 0 Å². The third-order valence-corrected chi connectivity index (χ3v) is 11.4. The summed E-state index contributed by atoms with van der Waals surface area (Å²) in [6, 6.07) is 61.7. The molecule has 4 nitrogen and oxygen atoms in total. The smallest absolute Gasteiger partial charge is 0.164 e. The van der Waals surface area contributed by atoms with Crippen molar-refractivity contribution in [2.75, 3.05) is 0 Å². The van der Waals surface area contributed by atoms with E-state index in [2.05, 4.69) is 158 Å². The van der Waals surface area contributed by atoms with Crippen LogP contribution in [-0.2, 0) is 0 Å². The van der Waals surface area contributed by atoms with Crippen LogP contribution in [-0.4, -0.2) is 15.0 Å². The van der Waals surface area contributed by atoms with Gasteiger partial charge in [-0.15, -0.1) is 11.3 Å². The van der Waals surface area contributed by atoms with Gasteiger partial charge in [-0.3, -0.25) is 0 Å². The Labute approximate surface area is 314 Å². The largest absolute Gasteiger partial charge is 0.456 e. The lowest BCUT2D eigenvalue weighted by Crippen LogP contribution is -2.00. The second kappa shape index (κ2) is 12.3. The molecule has 0 fully saturated rings. The Kier molecular flexibility index (Phi) is 7.00. The van der Waals surface area contributed by atoms with Gasteiger partial charge in [-0.1, -0.05) is 127 Å². The van der Waals surface area contributed by atoms with Crippen molar-refractivity contribution in [1.82, 2.24) is 15.0 Å². The van der Waals surface area contributed by atoms with Crippen LogP contribution >= 0.6 is 11.3 Å². The van der Waals surface area contributed by atoms with Crippen LogP contribution in [0.2, 0.25) is 0 Å². The average Bonchev–Trinajstić information content (AvgIpc) is 3.81. The van der Waals surface area contributed by atoms with Crippen LogP contribution < -0.4 is 0 Å². The summed E-state index contributed by atoms with van der Waals surface area (Å²) in [4.78, 5) is 15.4. The van der Waals surface area contributed by atoms with Crippen LogP contribution in [0.1, 0.15) is 0 Å². The van der Waals surface area contributed by atoms with E-state index in [1.54, 1.807) is 11.3 Å². The van der Waals surface area contributed by atoms with Crippen molar-refractivity contribution in [3.8, 4) is 56.4 Å². The van der Waals surface area contributed by atoms with Gasteiger partial charge >= 0.3 is 0 Å². The molecule has 8 aromatic carbocycles. The van der Waals surface area contributed by atoms with Crippen LogP contribution in [0.15, 0.2) is 180 Å². The molecule has 252 valence electrons. The van der Waals surface area contributed by atoms with E-state index >= 15 is 0 Å². The normalized spacial score (nSPS) is 11.7. The van der Waals surface area contributed by atoms with Crippen molar-refractivity contribution in [3.05, 3.63) is 176 Å². The summed E-state index contributed by atoms with van der Waals surface area (Å²) >= 11 is 1.80. The summed E-state index contributed by atoms with van der Waals surface area (Å²) in [7, 11) is 0. The fourth-order valence-corrected chi connectivity index (χ4v) is 8.71. The lowest BCUT2D eigenvalue weighted by atomic mass is 9.99. The van der Waals surface area contributed by atoms with Gasteiger partial charge in [-0.2, -0.15) is 0 Å². The quantitative estimate of drug-likeness (QED) is 0.179. The van der Waals surface area contributed by atoms with E-state index in [1.807, 2.05) is 18.2 Å². The van der Waals surface area contributed by atoms with E-state index in [0.29, 0.717) is 17.5 Å². The van der Waals surface area contributed by atoms with Gasteiger partial charge in [0.2, 0.25) is 0 Å². The molecule has 0 saturated carbocycles. The minimum absolute atomic E-state index is 0.627. The molecule has 5 heteroatoms. The molecule has 0 amide bonds. The van der Waals surface area contributed by atoms with E-state index in [1.165, 1.54) is 36.7 Å². The first kappa shape index (κ1) is 30.7. The van der Waals surface area contributed by atoms with Gasteiger partial charge in [-0.25, -0.2) is 15.0 Å².